The summed E-state index contributed by atoms with van der Waals surface area (Å²) in [7, 11) is 0. The van der Waals surface area contributed by atoms with Crippen LogP contribution in [0.5, 0.6) is 0 Å². The number of nitrogens with one attached hydrogen (secondary N) is 1. The van der Waals surface area contributed by atoms with Gasteiger partial charge in [-0.15, -0.1) is 16.9 Å². The SMILES string of the molecule is O=C(CCSc1ccc(F)cc1)Nc1nnc(-c2ccc(F)cc2F)o1. The van der Waals surface area contributed by atoms with Crippen LogP contribution >= 0.6 is 11.8 Å². The Morgan fingerprint density at radius 3 is 2.50 bits per heavy atom. The van der Waals surface area contributed by atoms with E-state index in [0.717, 1.165) is 11.0 Å². The van der Waals surface area contributed by atoms with Crippen molar-refractivity contribution in [2.45, 2.75) is 11.3 Å². The van der Waals surface area contributed by atoms with Gasteiger partial charge < -0.3 is 4.42 Å². The molecule has 1 heterocycles. The fourth-order valence-corrected chi connectivity index (χ4v) is 2.87. The molecule has 0 aliphatic carbocycles. The van der Waals surface area contributed by atoms with Gasteiger partial charge in [-0.25, -0.2) is 13.2 Å². The molecule has 0 aliphatic rings. The summed E-state index contributed by atoms with van der Waals surface area (Å²) < 4.78 is 44.6. The first-order valence-electron chi connectivity index (χ1n) is 7.48. The molecule has 0 fully saturated rings. The van der Waals surface area contributed by atoms with E-state index in [0.29, 0.717) is 11.8 Å². The van der Waals surface area contributed by atoms with Crippen molar-refractivity contribution in [3.8, 4) is 11.5 Å². The Morgan fingerprint density at radius 1 is 1.04 bits per heavy atom. The van der Waals surface area contributed by atoms with Gasteiger partial charge in [-0.2, -0.15) is 0 Å². The summed E-state index contributed by atoms with van der Waals surface area (Å²) in [5, 5.41) is 9.66. The monoisotopic (exact) mass is 379 g/mol. The summed E-state index contributed by atoms with van der Waals surface area (Å²) in [5.74, 6) is -1.96. The second kappa shape index (κ2) is 8.05. The molecule has 1 N–H and O–H groups in total. The summed E-state index contributed by atoms with van der Waals surface area (Å²) in [6.45, 7) is 0. The number of nitrogens with zero attached hydrogens (tertiary/aromatic N) is 2. The first kappa shape index (κ1) is 18.0. The van der Waals surface area contributed by atoms with Gasteiger partial charge in [0.2, 0.25) is 5.91 Å². The molecule has 134 valence electrons. The lowest BCUT2D eigenvalue weighted by Crippen LogP contribution is -2.12. The minimum atomic E-state index is -0.845. The van der Waals surface area contributed by atoms with E-state index in [1.807, 2.05) is 0 Å². The van der Waals surface area contributed by atoms with Crippen molar-refractivity contribution in [1.29, 1.82) is 0 Å². The third kappa shape index (κ3) is 4.63. The topological polar surface area (TPSA) is 68.0 Å². The van der Waals surface area contributed by atoms with E-state index in [-0.39, 0.29) is 35.6 Å². The average molecular weight is 379 g/mol. The molecule has 0 radical (unpaired) electrons. The van der Waals surface area contributed by atoms with Gasteiger partial charge in [0.1, 0.15) is 17.5 Å². The summed E-state index contributed by atoms with van der Waals surface area (Å²) in [6.07, 6.45) is 0.157. The Labute approximate surface area is 150 Å². The highest BCUT2D eigenvalue weighted by molar-refractivity contribution is 7.99. The Kier molecular flexibility index (Phi) is 5.57. The molecule has 0 saturated carbocycles. The molecule has 0 saturated heterocycles. The minimum Gasteiger partial charge on any atom is -0.403 e. The molecule has 0 bridgehead atoms. The first-order valence-corrected chi connectivity index (χ1v) is 8.47. The van der Waals surface area contributed by atoms with Crippen LogP contribution in [0.4, 0.5) is 19.2 Å². The van der Waals surface area contributed by atoms with Crippen LogP contribution in [0.1, 0.15) is 6.42 Å². The van der Waals surface area contributed by atoms with Crippen LogP contribution in [-0.4, -0.2) is 21.9 Å². The zero-order valence-electron chi connectivity index (χ0n) is 13.2. The maximum atomic E-state index is 13.7. The molecule has 0 unspecified atom stereocenters. The van der Waals surface area contributed by atoms with Crippen molar-refractivity contribution in [2.24, 2.45) is 0 Å². The molecule has 1 amide bonds. The molecular formula is C17H12F3N3O2S. The molecule has 0 spiro atoms. The van der Waals surface area contributed by atoms with E-state index in [4.69, 9.17) is 4.42 Å². The van der Waals surface area contributed by atoms with Gasteiger partial charge in [0.25, 0.3) is 5.89 Å². The molecular weight excluding hydrogens is 367 g/mol. The Hall–Kier alpha value is -2.81. The fourth-order valence-electron chi connectivity index (χ4n) is 2.02. The van der Waals surface area contributed by atoms with Crippen molar-refractivity contribution in [3.63, 3.8) is 0 Å². The van der Waals surface area contributed by atoms with E-state index >= 15 is 0 Å². The highest BCUT2D eigenvalue weighted by Crippen LogP contribution is 2.24. The van der Waals surface area contributed by atoms with E-state index in [2.05, 4.69) is 15.5 Å². The van der Waals surface area contributed by atoms with Crippen molar-refractivity contribution in [2.75, 3.05) is 11.1 Å². The second-order valence-electron chi connectivity index (χ2n) is 5.14. The third-order valence-corrected chi connectivity index (χ3v) is 4.26. The van der Waals surface area contributed by atoms with E-state index in [9.17, 15) is 18.0 Å². The number of rotatable bonds is 6. The van der Waals surface area contributed by atoms with Crippen LogP contribution < -0.4 is 5.32 Å². The van der Waals surface area contributed by atoms with Gasteiger partial charge in [-0.05, 0) is 36.4 Å². The molecule has 1 aromatic heterocycles. The number of amides is 1. The highest BCUT2D eigenvalue weighted by atomic mass is 32.2. The lowest BCUT2D eigenvalue weighted by atomic mass is 10.2. The summed E-state index contributed by atoms with van der Waals surface area (Å²) >= 11 is 1.39. The molecule has 0 atom stereocenters. The van der Waals surface area contributed by atoms with Crippen molar-refractivity contribution in [3.05, 3.63) is 59.9 Å². The van der Waals surface area contributed by atoms with Crippen LogP contribution in [0.25, 0.3) is 11.5 Å². The maximum Gasteiger partial charge on any atom is 0.322 e. The summed E-state index contributed by atoms with van der Waals surface area (Å²) in [4.78, 5) is 12.7. The van der Waals surface area contributed by atoms with Gasteiger partial charge >= 0.3 is 6.01 Å². The second-order valence-corrected chi connectivity index (χ2v) is 6.31. The normalized spacial score (nSPS) is 10.7. The number of thioether (sulfide) groups is 1. The first-order chi connectivity index (χ1) is 12.5. The predicted molar refractivity (Wildman–Crippen MR) is 90.0 cm³/mol. The lowest BCUT2D eigenvalue weighted by molar-refractivity contribution is -0.115. The van der Waals surface area contributed by atoms with Crippen LogP contribution in [-0.2, 0) is 4.79 Å². The summed E-state index contributed by atoms with van der Waals surface area (Å²) in [6, 6.07) is 8.69. The largest absolute Gasteiger partial charge is 0.403 e. The van der Waals surface area contributed by atoms with E-state index in [1.54, 1.807) is 12.1 Å². The number of carbonyl (C=O) groups excluding carboxylic acids is 1. The number of hydrogen-bond acceptors (Lipinski definition) is 5. The Balaban J connectivity index is 1.53. The zero-order chi connectivity index (χ0) is 18.5. The fraction of sp³-hybridized carbons (Fsp3) is 0.118. The lowest BCUT2D eigenvalue weighted by Gasteiger charge is -2.02. The van der Waals surface area contributed by atoms with Crippen LogP contribution in [0.15, 0.2) is 51.8 Å². The molecule has 26 heavy (non-hydrogen) atoms. The van der Waals surface area contributed by atoms with Gasteiger partial charge in [0, 0.05) is 23.1 Å². The number of halogens is 3. The molecule has 0 aliphatic heterocycles. The molecule has 3 rings (SSSR count). The molecule has 5 nitrogen and oxygen atoms in total. The zero-order valence-corrected chi connectivity index (χ0v) is 14.0. The van der Waals surface area contributed by atoms with Crippen molar-refractivity contribution >= 4 is 23.7 Å². The van der Waals surface area contributed by atoms with Gasteiger partial charge in [0.05, 0.1) is 5.56 Å². The van der Waals surface area contributed by atoms with Gasteiger partial charge in [-0.3, -0.25) is 10.1 Å². The smallest absolute Gasteiger partial charge is 0.322 e. The van der Waals surface area contributed by atoms with E-state index < -0.39 is 11.6 Å². The Bertz CT molecular complexity index is 916. The maximum absolute atomic E-state index is 13.7. The molecule has 2 aromatic carbocycles. The average Bonchev–Trinajstić information content (AvgIpc) is 3.04. The summed E-state index contributed by atoms with van der Waals surface area (Å²) in [5.41, 5.74) is -0.0636. The number of benzene rings is 2. The highest BCUT2D eigenvalue weighted by Gasteiger charge is 2.15. The van der Waals surface area contributed by atoms with Crippen molar-refractivity contribution in [1.82, 2.24) is 10.2 Å². The van der Waals surface area contributed by atoms with Crippen molar-refractivity contribution < 1.29 is 22.4 Å². The predicted octanol–water partition coefficient (Wildman–Crippen LogP) is 4.27. The minimum absolute atomic E-state index is 0.0636. The Morgan fingerprint density at radius 2 is 1.77 bits per heavy atom. The molecule has 3 aromatic rings. The number of hydrogen-bond donors (Lipinski definition) is 1. The van der Waals surface area contributed by atoms with Gasteiger partial charge in [-0.1, -0.05) is 5.10 Å². The van der Waals surface area contributed by atoms with Crippen LogP contribution in [0, 0.1) is 17.5 Å². The number of carbonyl (C=O) groups is 1. The van der Waals surface area contributed by atoms with Gasteiger partial charge in [0.15, 0.2) is 0 Å². The quantitative estimate of drug-likeness (QED) is 0.648. The number of anilines is 1. The van der Waals surface area contributed by atoms with E-state index in [1.165, 1.54) is 30.0 Å². The van der Waals surface area contributed by atoms with Crippen LogP contribution in [0.2, 0.25) is 0 Å². The third-order valence-electron chi connectivity index (χ3n) is 3.24. The molecule has 9 heteroatoms. The number of aromatic nitrogens is 2. The van der Waals surface area contributed by atoms with Crippen LogP contribution in [0.3, 0.4) is 0 Å². The standard InChI is InChI=1S/C17H12F3N3O2S/c18-10-1-4-12(5-2-10)26-8-7-15(24)21-17-23-22-16(25-17)13-6-3-11(19)9-14(13)20/h1-6,9H,7-8H2,(H,21,23,24).